The molecule has 2 amide bonds. The van der Waals surface area contributed by atoms with E-state index < -0.39 is 6.09 Å². The van der Waals surface area contributed by atoms with Gasteiger partial charge in [-0.05, 0) is 31.1 Å². The van der Waals surface area contributed by atoms with Crippen molar-refractivity contribution in [1.29, 1.82) is 0 Å². The topological polar surface area (TPSA) is 95.4 Å². The fourth-order valence-electron chi connectivity index (χ4n) is 3.19. The van der Waals surface area contributed by atoms with E-state index in [1.54, 1.807) is 12.4 Å². The Kier molecular flexibility index (Phi) is 4.40. The Morgan fingerprint density at radius 1 is 1.44 bits per heavy atom. The number of thiophene rings is 1. The molecule has 9 heteroatoms. The number of carbonyl (C=O) groups is 2. The molecule has 1 atom stereocenters. The number of carboxylic acid groups (broad SMARTS) is 1. The van der Waals surface area contributed by atoms with Crippen LogP contribution in [0.4, 0.5) is 9.80 Å². The summed E-state index contributed by atoms with van der Waals surface area (Å²) in [6.07, 6.45) is 4.29. The summed E-state index contributed by atoms with van der Waals surface area (Å²) in [5.74, 6) is -0.305. The molecule has 0 bridgehead atoms. The molecule has 3 aromatic rings. The highest BCUT2D eigenvalue weighted by Gasteiger charge is 2.33. The fraction of sp³-hybridized carbons (Fsp3) is 0.222. The predicted octanol–water partition coefficient (Wildman–Crippen LogP) is 3.97. The van der Waals surface area contributed by atoms with Crippen LogP contribution in [0.2, 0.25) is 0 Å². The second-order valence-electron chi connectivity index (χ2n) is 6.23. The minimum atomic E-state index is -0.939. The summed E-state index contributed by atoms with van der Waals surface area (Å²) in [6.45, 7) is 5.71. The molecule has 4 heterocycles. The highest BCUT2D eigenvalue weighted by atomic mass is 32.1. The number of amides is 2. The molecule has 1 aliphatic rings. The lowest BCUT2D eigenvalue weighted by atomic mass is 9.98. The first-order chi connectivity index (χ1) is 13.0. The highest BCUT2D eigenvalue weighted by Crippen LogP contribution is 2.46. The zero-order valence-corrected chi connectivity index (χ0v) is 16.1. The first-order valence-corrected chi connectivity index (χ1v) is 9.89. The number of thiazole rings is 1. The summed E-state index contributed by atoms with van der Waals surface area (Å²) in [7, 11) is 0. The van der Waals surface area contributed by atoms with E-state index in [0.717, 1.165) is 31.2 Å². The van der Waals surface area contributed by atoms with Gasteiger partial charge < -0.3 is 15.3 Å². The van der Waals surface area contributed by atoms with Crippen molar-refractivity contribution in [2.45, 2.75) is 25.9 Å². The van der Waals surface area contributed by atoms with Gasteiger partial charge in [-0.2, -0.15) is 0 Å². The molecule has 0 spiro atoms. The average molecular weight is 400 g/mol. The van der Waals surface area contributed by atoms with E-state index in [-0.39, 0.29) is 11.9 Å². The van der Waals surface area contributed by atoms with E-state index in [1.165, 1.54) is 33.6 Å². The third-order valence-electron chi connectivity index (χ3n) is 4.51. The Hall–Kier alpha value is -2.78. The lowest BCUT2D eigenvalue weighted by Crippen LogP contribution is -2.41. The van der Waals surface area contributed by atoms with E-state index in [9.17, 15) is 14.7 Å². The van der Waals surface area contributed by atoms with Crippen LogP contribution in [0.3, 0.4) is 0 Å². The van der Waals surface area contributed by atoms with Gasteiger partial charge in [-0.3, -0.25) is 9.78 Å². The van der Waals surface area contributed by atoms with Crippen molar-refractivity contribution < 1.29 is 14.7 Å². The van der Waals surface area contributed by atoms with Crippen molar-refractivity contribution in [1.82, 2.24) is 14.9 Å². The number of nitrogens with one attached hydrogen (secondary N) is 1. The van der Waals surface area contributed by atoms with Crippen molar-refractivity contribution in [2.24, 2.45) is 0 Å². The van der Waals surface area contributed by atoms with Gasteiger partial charge in [0.1, 0.15) is 15.5 Å². The number of nitrogens with zero attached hydrogens (tertiary/aromatic N) is 3. The SMILES string of the molecule is C=CC(=O)Nc1sc2c(c1-c1nc3cnccc3s1)C[C@H](C)N(C(=O)O)C2. The van der Waals surface area contributed by atoms with E-state index in [2.05, 4.69) is 16.9 Å². The summed E-state index contributed by atoms with van der Waals surface area (Å²) >= 11 is 2.93. The largest absolute Gasteiger partial charge is 0.465 e. The third-order valence-corrected chi connectivity index (χ3v) is 6.69. The minimum absolute atomic E-state index is 0.151. The van der Waals surface area contributed by atoms with Crippen LogP contribution in [0, 0.1) is 0 Å². The van der Waals surface area contributed by atoms with Crippen LogP contribution in [-0.2, 0) is 17.8 Å². The van der Waals surface area contributed by atoms with Crippen LogP contribution in [0.15, 0.2) is 31.1 Å². The number of anilines is 1. The van der Waals surface area contributed by atoms with Gasteiger partial charge in [0.25, 0.3) is 0 Å². The zero-order chi connectivity index (χ0) is 19.1. The number of hydrogen-bond acceptors (Lipinski definition) is 6. The van der Waals surface area contributed by atoms with Crippen molar-refractivity contribution in [3.63, 3.8) is 0 Å². The molecule has 1 aliphatic heterocycles. The average Bonchev–Trinajstić information content (AvgIpc) is 3.20. The number of pyridine rings is 1. The Labute approximate surface area is 163 Å². The van der Waals surface area contributed by atoms with Crippen LogP contribution in [0.5, 0.6) is 0 Å². The first kappa shape index (κ1) is 17.6. The Bertz CT molecular complexity index is 1040. The molecule has 0 saturated heterocycles. The van der Waals surface area contributed by atoms with Crippen molar-refractivity contribution in [3.8, 4) is 10.6 Å². The molecule has 0 fully saturated rings. The second kappa shape index (κ2) is 6.75. The quantitative estimate of drug-likeness (QED) is 0.649. The van der Waals surface area contributed by atoms with Gasteiger partial charge in [0, 0.05) is 22.7 Å². The normalized spacial score (nSPS) is 16.2. The molecular weight excluding hydrogens is 384 g/mol. The maximum Gasteiger partial charge on any atom is 0.407 e. The lowest BCUT2D eigenvalue weighted by Gasteiger charge is -2.31. The number of hydrogen-bond donors (Lipinski definition) is 2. The summed E-state index contributed by atoms with van der Waals surface area (Å²) < 4.78 is 1.01. The molecule has 0 unspecified atom stereocenters. The van der Waals surface area contributed by atoms with E-state index in [1.807, 2.05) is 13.0 Å². The van der Waals surface area contributed by atoms with Gasteiger partial charge in [0.2, 0.25) is 5.91 Å². The molecular formula is C18H16N4O3S2. The molecule has 4 rings (SSSR count). The maximum atomic E-state index is 11.9. The summed E-state index contributed by atoms with van der Waals surface area (Å²) in [6, 6.07) is 1.76. The molecule has 7 nitrogen and oxygen atoms in total. The van der Waals surface area contributed by atoms with Crippen molar-refractivity contribution in [2.75, 3.05) is 5.32 Å². The van der Waals surface area contributed by atoms with Gasteiger partial charge in [-0.15, -0.1) is 22.7 Å². The van der Waals surface area contributed by atoms with Gasteiger partial charge >= 0.3 is 6.09 Å². The molecule has 27 heavy (non-hydrogen) atoms. The second-order valence-corrected chi connectivity index (χ2v) is 8.36. The third kappa shape index (κ3) is 3.08. The highest BCUT2D eigenvalue weighted by molar-refractivity contribution is 7.22. The maximum absolute atomic E-state index is 11.9. The predicted molar refractivity (Wildman–Crippen MR) is 106 cm³/mol. The monoisotopic (exact) mass is 400 g/mol. The van der Waals surface area contributed by atoms with Crippen LogP contribution in [0.1, 0.15) is 17.4 Å². The van der Waals surface area contributed by atoms with Crippen molar-refractivity contribution >= 4 is 49.9 Å². The van der Waals surface area contributed by atoms with Gasteiger partial charge in [-0.1, -0.05) is 6.58 Å². The standard InChI is InChI=1S/C18H16N4O3S2/c1-3-14(23)21-17-15(16-20-11-7-19-5-4-12(11)26-16)10-6-9(2)22(18(24)25)8-13(10)27-17/h3-5,7,9H,1,6,8H2,2H3,(H,21,23)(H,24,25)/t9-/m0/s1. The fourth-order valence-corrected chi connectivity index (χ4v) is 5.50. The Morgan fingerprint density at radius 2 is 2.26 bits per heavy atom. The molecule has 0 saturated carbocycles. The number of carbonyl (C=O) groups excluding carboxylic acids is 1. The molecule has 2 N–H and O–H groups in total. The van der Waals surface area contributed by atoms with Gasteiger partial charge in [0.15, 0.2) is 0 Å². The van der Waals surface area contributed by atoms with E-state index in [4.69, 9.17) is 4.98 Å². The summed E-state index contributed by atoms with van der Waals surface area (Å²) in [5.41, 5.74) is 2.73. The van der Waals surface area contributed by atoms with E-state index >= 15 is 0 Å². The van der Waals surface area contributed by atoms with Crippen LogP contribution in [0.25, 0.3) is 20.8 Å². The number of rotatable bonds is 3. The van der Waals surface area contributed by atoms with Crippen LogP contribution >= 0.6 is 22.7 Å². The molecule has 0 aliphatic carbocycles. The summed E-state index contributed by atoms with van der Waals surface area (Å²) in [5, 5.41) is 13.8. The number of aromatic nitrogens is 2. The van der Waals surface area contributed by atoms with Crippen LogP contribution in [-0.4, -0.2) is 38.0 Å². The summed E-state index contributed by atoms with van der Waals surface area (Å²) in [4.78, 5) is 34.6. The Balaban J connectivity index is 1.87. The van der Waals surface area contributed by atoms with Gasteiger partial charge in [0.05, 0.1) is 17.4 Å². The van der Waals surface area contributed by atoms with Crippen LogP contribution < -0.4 is 5.32 Å². The minimum Gasteiger partial charge on any atom is -0.465 e. The smallest absolute Gasteiger partial charge is 0.407 e. The zero-order valence-electron chi connectivity index (χ0n) is 14.4. The lowest BCUT2D eigenvalue weighted by molar-refractivity contribution is -0.111. The van der Waals surface area contributed by atoms with Crippen molar-refractivity contribution in [3.05, 3.63) is 41.6 Å². The van der Waals surface area contributed by atoms with Gasteiger partial charge in [-0.25, -0.2) is 9.78 Å². The Morgan fingerprint density at radius 3 is 2.96 bits per heavy atom. The number of fused-ring (bicyclic) bond motifs is 2. The first-order valence-electron chi connectivity index (χ1n) is 8.26. The molecule has 138 valence electrons. The van der Waals surface area contributed by atoms with E-state index in [0.29, 0.717) is 18.0 Å². The molecule has 0 radical (unpaired) electrons. The molecule has 0 aromatic carbocycles. The molecule has 3 aromatic heterocycles.